The fourth-order valence-electron chi connectivity index (χ4n) is 2.38. The molecule has 0 heterocycles. The van der Waals surface area contributed by atoms with E-state index in [-0.39, 0.29) is 5.69 Å². The summed E-state index contributed by atoms with van der Waals surface area (Å²) in [5, 5.41) is 2.56. The molecule has 0 spiro atoms. The summed E-state index contributed by atoms with van der Waals surface area (Å²) in [6.07, 6.45) is -4.25. The molecule has 1 amide bonds. The Morgan fingerprint density at radius 1 is 1.07 bits per heavy atom. The van der Waals surface area contributed by atoms with Crippen LogP contribution in [0.25, 0.3) is 0 Å². The number of rotatable bonds is 8. The zero-order valence-electron chi connectivity index (χ0n) is 16.4. The van der Waals surface area contributed by atoms with Crippen LogP contribution in [0.4, 0.5) is 24.5 Å². The molecule has 0 radical (unpaired) electrons. The summed E-state index contributed by atoms with van der Waals surface area (Å²) in [4.78, 5) is 12.4. The van der Waals surface area contributed by atoms with Crippen LogP contribution in [0.3, 0.4) is 0 Å². The number of hydrogen-bond donors (Lipinski definition) is 1. The van der Waals surface area contributed by atoms with Crippen LogP contribution < -0.4 is 19.1 Å². The van der Waals surface area contributed by atoms with Crippen molar-refractivity contribution >= 4 is 27.3 Å². The van der Waals surface area contributed by atoms with Gasteiger partial charge in [0.15, 0.2) is 6.10 Å². The maximum Gasteiger partial charge on any atom is 0.573 e. The molecule has 7 nitrogen and oxygen atoms in total. The van der Waals surface area contributed by atoms with E-state index in [4.69, 9.17) is 4.74 Å². The van der Waals surface area contributed by atoms with Gasteiger partial charge in [0, 0.05) is 12.7 Å². The van der Waals surface area contributed by atoms with Crippen molar-refractivity contribution in [2.24, 2.45) is 0 Å². The summed E-state index contributed by atoms with van der Waals surface area (Å²) in [7, 11) is -1.99. The highest BCUT2D eigenvalue weighted by atomic mass is 32.2. The second-order valence-corrected chi connectivity index (χ2v) is 8.31. The van der Waals surface area contributed by atoms with E-state index in [0.29, 0.717) is 17.9 Å². The number of amides is 1. The van der Waals surface area contributed by atoms with Gasteiger partial charge in [-0.1, -0.05) is 6.92 Å². The second-order valence-electron chi connectivity index (χ2n) is 6.30. The first-order chi connectivity index (χ1) is 13.9. The Kier molecular flexibility index (Phi) is 7.19. The van der Waals surface area contributed by atoms with E-state index in [1.807, 2.05) is 0 Å². The number of carbonyl (C=O) groups is 1. The third kappa shape index (κ3) is 6.83. The number of alkyl halides is 3. The molecule has 164 valence electrons. The van der Waals surface area contributed by atoms with E-state index in [2.05, 4.69) is 10.1 Å². The lowest BCUT2D eigenvalue weighted by molar-refractivity contribution is -0.274. The Balaban J connectivity index is 2.01. The normalized spacial score (nSPS) is 12.7. The fraction of sp³-hybridized carbons (Fsp3) is 0.316. The largest absolute Gasteiger partial charge is 0.573 e. The number of ether oxygens (including phenoxy) is 2. The summed E-state index contributed by atoms with van der Waals surface area (Å²) in [5.41, 5.74) is 0.713. The van der Waals surface area contributed by atoms with Crippen LogP contribution in [0.1, 0.15) is 13.3 Å². The molecule has 2 rings (SSSR count). The first-order valence-corrected chi connectivity index (χ1v) is 10.6. The van der Waals surface area contributed by atoms with Crippen molar-refractivity contribution in [2.75, 3.05) is 22.9 Å². The third-order valence-corrected chi connectivity index (χ3v) is 5.20. The molecule has 0 saturated heterocycles. The van der Waals surface area contributed by atoms with Crippen LogP contribution in [0.2, 0.25) is 0 Å². The molecule has 0 fully saturated rings. The minimum atomic E-state index is -4.79. The van der Waals surface area contributed by atoms with Gasteiger partial charge in [0.05, 0.1) is 11.9 Å². The fourth-order valence-corrected chi connectivity index (χ4v) is 2.88. The molecule has 0 unspecified atom stereocenters. The summed E-state index contributed by atoms with van der Waals surface area (Å²) in [5.74, 6) is -0.529. The van der Waals surface area contributed by atoms with Crippen molar-refractivity contribution in [3.8, 4) is 11.5 Å². The molecule has 2 aromatic rings. The second kappa shape index (κ2) is 9.24. The number of hydrogen-bond acceptors (Lipinski definition) is 5. The Morgan fingerprint density at radius 2 is 1.60 bits per heavy atom. The van der Waals surface area contributed by atoms with Gasteiger partial charge in [0.25, 0.3) is 5.91 Å². The molecule has 0 aliphatic carbocycles. The SMILES string of the molecule is CC[C@@H](Oc1ccc(N(C)S(C)(=O)=O)cc1)C(=O)Nc1ccc(OC(F)(F)F)cc1. The van der Waals surface area contributed by atoms with Gasteiger partial charge in [0.2, 0.25) is 10.0 Å². The Hall–Kier alpha value is -2.95. The van der Waals surface area contributed by atoms with Crippen LogP contribution in [-0.4, -0.2) is 40.1 Å². The lowest BCUT2D eigenvalue weighted by Crippen LogP contribution is -2.32. The minimum absolute atomic E-state index is 0.279. The van der Waals surface area contributed by atoms with Crippen LogP contribution in [0.5, 0.6) is 11.5 Å². The number of benzene rings is 2. The van der Waals surface area contributed by atoms with Crippen molar-refractivity contribution < 1.29 is 35.9 Å². The number of carbonyl (C=O) groups excluding carboxylic acids is 1. The Labute approximate surface area is 172 Å². The van der Waals surface area contributed by atoms with Gasteiger partial charge in [0.1, 0.15) is 11.5 Å². The van der Waals surface area contributed by atoms with Gasteiger partial charge in [-0.05, 0) is 55.0 Å². The highest BCUT2D eigenvalue weighted by Gasteiger charge is 2.31. The number of nitrogens with one attached hydrogen (secondary N) is 1. The maximum atomic E-state index is 12.4. The molecule has 30 heavy (non-hydrogen) atoms. The molecule has 1 N–H and O–H groups in total. The molecule has 0 aliphatic heterocycles. The van der Waals surface area contributed by atoms with Crippen molar-refractivity contribution in [2.45, 2.75) is 25.8 Å². The van der Waals surface area contributed by atoms with E-state index in [9.17, 15) is 26.4 Å². The smallest absolute Gasteiger partial charge is 0.481 e. The molecule has 2 aromatic carbocycles. The summed E-state index contributed by atoms with van der Waals surface area (Å²) in [6, 6.07) is 10.9. The standard InChI is InChI=1S/C19H21F3N2O5S/c1-4-17(28-15-11-7-14(8-12-15)24(2)30(3,26)27)18(25)23-13-5-9-16(10-6-13)29-19(20,21)22/h5-12,17H,4H2,1-3H3,(H,23,25)/t17-/m1/s1. The van der Waals surface area contributed by atoms with Crippen LogP contribution in [-0.2, 0) is 14.8 Å². The third-order valence-electron chi connectivity index (χ3n) is 3.99. The van der Waals surface area contributed by atoms with Gasteiger partial charge in [-0.15, -0.1) is 13.2 Å². The van der Waals surface area contributed by atoms with Gasteiger partial charge in [-0.25, -0.2) is 8.42 Å². The van der Waals surface area contributed by atoms with E-state index in [1.165, 1.54) is 31.3 Å². The number of anilines is 2. The molecule has 0 saturated carbocycles. The van der Waals surface area contributed by atoms with Crippen molar-refractivity contribution in [1.82, 2.24) is 0 Å². The number of nitrogens with zero attached hydrogens (tertiary/aromatic N) is 1. The molecule has 1 atom stereocenters. The van der Waals surface area contributed by atoms with Crippen LogP contribution in [0.15, 0.2) is 48.5 Å². The van der Waals surface area contributed by atoms with Gasteiger partial charge < -0.3 is 14.8 Å². The molecule has 11 heteroatoms. The van der Waals surface area contributed by atoms with E-state index >= 15 is 0 Å². The van der Waals surface area contributed by atoms with Crippen molar-refractivity contribution in [1.29, 1.82) is 0 Å². The molecular weight excluding hydrogens is 425 g/mol. The van der Waals surface area contributed by atoms with Crippen LogP contribution in [0, 0.1) is 0 Å². The summed E-state index contributed by atoms with van der Waals surface area (Å²) >= 11 is 0. The van der Waals surface area contributed by atoms with Gasteiger partial charge >= 0.3 is 6.36 Å². The molecule has 0 aliphatic rings. The van der Waals surface area contributed by atoms with Gasteiger partial charge in [-0.3, -0.25) is 9.10 Å². The molecular formula is C19H21F3N2O5S. The maximum absolute atomic E-state index is 12.4. The molecule has 0 bridgehead atoms. The topological polar surface area (TPSA) is 84.9 Å². The van der Waals surface area contributed by atoms with E-state index in [0.717, 1.165) is 22.7 Å². The van der Waals surface area contributed by atoms with Crippen LogP contribution >= 0.6 is 0 Å². The van der Waals surface area contributed by atoms with Crippen molar-refractivity contribution in [3.05, 3.63) is 48.5 Å². The predicted molar refractivity (Wildman–Crippen MR) is 106 cm³/mol. The van der Waals surface area contributed by atoms with E-state index < -0.39 is 34.1 Å². The average molecular weight is 446 g/mol. The highest BCUT2D eigenvalue weighted by Crippen LogP contribution is 2.25. The summed E-state index contributed by atoms with van der Waals surface area (Å²) < 4.78 is 70.3. The first-order valence-electron chi connectivity index (χ1n) is 8.76. The van der Waals surface area contributed by atoms with Crippen molar-refractivity contribution in [3.63, 3.8) is 0 Å². The number of halogens is 3. The zero-order valence-corrected chi connectivity index (χ0v) is 17.3. The average Bonchev–Trinajstić information content (AvgIpc) is 2.65. The monoisotopic (exact) mass is 446 g/mol. The minimum Gasteiger partial charge on any atom is -0.481 e. The van der Waals surface area contributed by atoms with Gasteiger partial charge in [-0.2, -0.15) is 0 Å². The Morgan fingerprint density at radius 3 is 2.07 bits per heavy atom. The first kappa shape index (κ1) is 23.3. The predicted octanol–water partition coefficient (Wildman–Crippen LogP) is 3.78. The molecule has 0 aromatic heterocycles. The zero-order chi connectivity index (χ0) is 22.5. The lowest BCUT2D eigenvalue weighted by Gasteiger charge is -2.19. The highest BCUT2D eigenvalue weighted by molar-refractivity contribution is 7.92. The van der Waals surface area contributed by atoms with E-state index in [1.54, 1.807) is 19.1 Å². The summed E-state index contributed by atoms with van der Waals surface area (Å²) in [6.45, 7) is 1.73. The Bertz CT molecular complexity index is 961. The quantitative estimate of drug-likeness (QED) is 0.667. The lowest BCUT2D eigenvalue weighted by atomic mass is 10.2. The number of sulfonamides is 1.